The molecule has 1 aromatic carbocycles. The maximum atomic E-state index is 13.8. The van der Waals surface area contributed by atoms with Crippen molar-refractivity contribution in [3.05, 3.63) is 46.7 Å². The van der Waals surface area contributed by atoms with Crippen molar-refractivity contribution in [2.45, 2.75) is 19.4 Å². The monoisotopic (exact) mass is 436 g/mol. The number of amides is 1. The van der Waals surface area contributed by atoms with Crippen molar-refractivity contribution in [1.82, 2.24) is 9.88 Å². The first-order valence-electron chi connectivity index (χ1n) is 9.44. The van der Waals surface area contributed by atoms with Crippen LogP contribution in [0.5, 0.6) is 5.75 Å². The van der Waals surface area contributed by atoms with E-state index in [4.69, 9.17) is 16.3 Å². The quantitative estimate of drug-likeness (QED) is 0.586. The van der Waals surface area contributed by atoms with Crippen LogP contribution in [-0.2, 0) is 16.0 Å². The van der Waals surface area contributed by atoms with Gasteiger partial charge in [-0.25, -0.2) is 8.78 Å². The van der Waals surface area contributed by atoms with Gasteiger partial charge in [-0.1, -0.05) is 11.6 Å². The summed E-state index contributed by atoms with van der Waals surface area (Å²) in [6, 6.07) is 3.91. The average Bonchev–Trinajstić information content (AvgIpc) is 3.09. The van der Waals surface area contributed by atoms with Crippen LogP contribution < -0.4 is 15.0 Å². The van der Waals surface area contributed by atoms with E-state index in [1.807, 2.05) is 11.8 Å². The van der Waals surface area contributed by atoms with Crippen LogP contribution in [0.1, 0.15) is 12.6 Å². The van der Waals surface area contributed by atoms with E-state index in [9.17, 15) is 18.4 Å². The topological polar surface area (TPSA) is 74.8 Å². The number of anilines is 2. The van der Waals surface area contributed by atoms with Crippen LogP contribution in [-0.4, -0.2) is 54.0 Å². The van der Waals surface area contributed by atoms with Gasteiger partial charge < -0.3 is 19.9 Å². The lowest BCUT2D eigenvalue weighted by Gasteiger charge is -2.41. The van der Waals surface area contributed by atoms with E-state index < -0.39 is 16.7 Å². The molecule has 2 aromatic rings. The second-order valence-corrected chi connectivity index (χ2v) is 7.66. The van der Waals surface area contributed by atoms with Crippen LogP contribution in [0, 0.1) is 11.6 Å². The molecule has 0 aliphatic carbocycles. The standard InChI is InChI=1S/C20H19ClF2N4O3/c1-11-10-26(2-3-27(11)13-5-14(22)20(21)15(23)6-13)18(28)9-24-12-4-17-16(25-8-12)7-19(29)30-17/h4-6,8,11,24H,2-3,7,9-10H2,1H3/t11-/m1/s1. The molecule has 1 aromatic heterocycles. The molecular formula is C20H19ClF2N4O3. The summed E-state index contributed by atoms with van der Waals surface area (Å²) in [5.74, 6) is -1.68. The molecule has 0 spiro atoms. The number of benzene rings is 1. The van der Waals surface area contributed by atoms with Crippen molar-refractivity contribution < 1.29 is 23.1 Å². The van der Waals surface area contributed by atoms with Gasteiger partial charge in [0, 0.05) is 37.4 Å². The summed E-state index contributed by atoms with van der Waals surface area (Å²) in [7, 11) is 0. The molecule has 1 fully saturated rings. The fourth-order valence-corrected chi connectivity index (χ4v) is 3.76. The van der Waals surface area contributed by atoms with E-state index in [1.165, 1.54) is 12.1 Å². The first-order chi connectivity index (χ1) is 14.3. The number of carbonyl (C=O) groups is 2. The number of nitrogens with zero attached hydrogens (tertiary/aromatic N) is 3. The minimum atomic E-state index is -0.810. The van der Waals surface area contributed by atoms with Gasteiger partial charge in [0.1, 0.15) is 16.7 Å². The maximum Gasteiger partial charge on any atom is 0.317 e. The van der Waals surface area contributed by atoms with Gasteiger partial charge in [-0.2, -0.15) is 0 Å². The Morgan fingerprint density at radius 2 is 2.03 bits per heavy atom. The highest BCUT2D eigenvalue weighted by molar-refractivity contribution is 6.31. The van der Waals surface area contributed by atoms with Crippen LogP contribution in [0.2, 0.25) is 5.02 Å². The summed E-state index contributed by atoms with van der Waals surface area (Å²) >= 11 is 5.56. The van der Waals surface area contributed by atoms with Crippen LogP contribution in [0.25, 0.3) is 0 Å². The highest BCUT2D eigenvalue weighted by atomic mass is 35.5. The summed E-state index contributed by atoms with van der Waals surface area (Å²) < 4.78 is 32.6. The molecule has 1 N–H and O–H groups in total. The molecule has 0 bridgehead atoms. The van der Waals surface area contributed by atoms with E-state index >= 15 is 0 Å². The van der Waals surface area contributed by atoms with Crippen molar-refractivity contribution in [1.29, 1.82) is 0 Å². The Bertz CT molecular complexity index is 997. The van der Waals surface area contributed by atoms with Gasteiger partial charge in [-0.15, -0.1) is 0 Å². The molecular weight excluding hydrogens is 418 g/mol. The largest absolute Gasteiger partial charge is 0.424 e. The Morgan fingerprint density at radius 3 is 2.73 bits per heavy atom. The normalized spacial score (nSPS) is 18.3. The minimum Gasteiger partial charge on any atom is -0.424 e. The maximum absolute atomic E-state index is 13.8. The second kappa shape index (κ2) is 8.06. The van der Waals surface area contributed by atoms with Crippen molar-refractivity contribution >= 4 is 34.9 Å². The number of aromatic nitrogens is 1. The summed E-state index contributed by atoms with van der Waals surface area (Å²) in [4.78, 5) is 31.6. The summed E-state index contributed by atoms with van der Waals surface area (Å²) in [5, 5.41) is 2.47. The molecule has 2 aliphatic heterocycles. The third-order valence-electron chi connectivity index (χ3n) is 5.19. The fraction of sp³-hybridized carbons (Fsp3) is 0.350. The smallest absolute Gasteiger partial charge is 0.317 e. The van der Waals surface area contributed by atoms with Crippen molar-refractivity contribution in [3.8, 4) is 5.75 Å². The van der Waals surface area contributed by atoms with Gasteiger partial charge in [0.15, 0.2) is 5.75 Å². The van der Waals surface area contributed by atoms with Crippen LogP contribution in [0.15, 0.2) is 24.4 Å². The molecule has 0 saturated carbocycles. The van der Waals surface area contributed by atoms with Crippen molar-refractivity contribution in [2.75, 3.05) is 36.4 Å². The molecule has 4 rings (SSSR count). The van der Waals surface area contributed by atoms with E-state index in [1.54, 1.807) is 17.2 Å². The number of hydrogen-bond acceptors (Lipinski definition) is 6. The van der Waals surface area contributed by atoms with Gasteiger partial charge in [-0.05, 0) is 19.1 Å². The Balaban J connectivity index is 1.35. The Morgan fingerprint density at radius 1 is 1.30 bits per heavy atom. The van der Waals surface area contributed by atoms with E-state index in [-0.39, 0.29) is 30.9 Å². The highest BCUT2D eigenvalue weighted by Crippen LogP contribution is 2.29. The average molecular weight is 437 g/mol. The van der Waals surface area contributed by atoms with Crippen LogP contribution in [0.3, 0.4) is 0 Å². The van der Waals surface area contributed by atoms with Crippen LogP contribution in [0.4, 0.5) is 20.2 Å². The number of rotatable bonds is 4. The molecule has 2 aliphatic rings. The number of esters is 1. The van der Waals surface area contributed by atoms with E-state index in [0.29, 0.717) is 42.5 Å². The molecule has 1 saturated heterocycles. The third kappa shape index (κ3) is 4.02. The number of pyridine rings is 1. The zero-order chi connectivity index (χ0) is 21.4. The van der Waals surface area contributed by atoms with Crippen molar-refractivity contribution in [3.63, 3.8) is 0 Å². The molecule has 1 atom stereocenters. The Labute approximate surface area is 176 Å². The number of carbonyl (C=O) groups excluding carboxylic acids is 2. The van der Waals surface area contributed by atoms with E-state index in [0.717, 1.165) is 0 Å². The number of hydrogen-bond donors (Lipinski definition) is 1. The van der Waals surface area contributed by atoms with Gasteiger partial charge in [0.2, 0.25) is 5.91 Å². The third-order valence-corrected chi connectivity index (χ3v) is 5.55. The summed E-state index contributed by atoms with van der Waals surface area (Å²) in [5.41, 5.74) is 1.55. The predicted molar refractivity (Wildman–Crippen MR) is 107 cm³/mol. The van der Waals surface area contributed by atoms with Gasteiger partial charge in [0.05, 0.1) is 30.5 Å². The molecule has 158 valence electrons. The predicted octanol–water partition coefficient (Wildman–Crippen LogP) is 2.62. The molecule has 0 radical (unpaired) electrons. The summed E-state index contributed by atoms with van der Waals surface area (Å²) in [6.45, 7) is 3.19. The fourth-order valence-electron chi connectivity index (χ4n) is 3.65. The number of ether oxygens (including phenoxy) is 1. The lowest BCUT2D eigenvalue weighted by Crippen LogP contribution is -2.54. The number of fused-ring (bicyclic) bond motifs is 1. The first kappa shape index (κ1) is 20.3. The summed E-state index contributed by atoms with van der Waals surface area (Å²) in [6.07, 6.45) is 1.70. The van der Waals surface area contributed by atoms with Gasteiger partial charge >= 0.3 is 5.97 Å². The lowest BCUT2D eigenvalue weighted by atomic mass is 10.1. The lowest BCUT2D eigenvalue weighted by molar-refractivity contribution is -0.132. The number of piperazine rings is 1. The van der Waals surface area contributed by atoms with Gasteiger partial charge in [0.25, 0.3) is 0 Å². The van der Waals surface area contributed by atoms with Gasteiger partial charge in [-0.3, -0.25) is 14.6 Å². The Kier molecular flexibility index (Phi) is 5.46. The zero-order valence-electron chi connectivity index (χ0n) is 16.1. The molecule has 0 unspecified atom stereocenters. The molecule has 7 nitrogen and oxygen atoms in total. The number of halogens is 3. The molecule has 30 heavy (non-hydrogen) atoms. The second-order valence-electron chi connectivity index (χ2n) is 7.28. The van der Waals surface area contributed by atoms with Crippen LogP contribution >= 0.6 is 11.6 Å². The van der Waals surface area contributed by atoms with E-state index in [2.05, 4.69) is 10.3 Å². The highest BCUT2D eigenvalue weighted by Gasteiger charge is 2.28. The zero-order valence-corrected chi connectivity index (χ0v) is 16.9. The minimum absolute atomic E-state index is 0.0470. The first-order valence-corrected chi connectivity index (χ1v) is 9.82. The molecule has 10 heteroatoms. The Hall–Kier alpha value is -2.94. The number of nitrogens with one attached hydrogen (secondary N) is 1. The molecule has 3 heterocycles. The molecule has 1 amide bonds. The SMILES string of the molecule is C[C@@H]1CN(C(=O)CNc2cnc3c(c2)OC(=O)C3)CCN1c1cc(F)c(Cl)c(F)c1. The van der Waals surface area contributed by atoms with Crippen molar-refractivity contribution in [2.24, 2.45) is 0 Å².